The standard InChI is InChI=1S/C27H33N5O3S/c1-2-22-9-6-7-17-32(22)18-8-16-28-25(33)20-12-14-21(15-13-20)29-26(34)27-31-30-24(36-27)19-35-23-10-4-3-5-11-23/h3-5,10-15,22H,2,6-9,16-19H2,1H3,(H,28,33)(H,29,34)/t22-/m0/s1. The normalized spacial score (nSPS) is 15.9. The van der Waals surface area contributed by atoms with E-state index in [-0.39, 0.29) is 23.4 Å². The SMILES string of the molecule is CC[C@H]1CCCCN1CCCNC(=O)c1ccc(NC(=O)c2nnc(COc3ccccc3)s2)cc1. The fourth-order valence-electron chi connectivity index (χ4n) is 4.36. The van der Waals surface area contributed by atoms with Crippen LogP contribution in [0.2, 0.25) is 0 Å². The smallest absolute Gasteiger partial charge is 0.286 e. The predicted octanol–water partition coefficient (Wildman–Crippen LogP) is 4.75. The molecule has 1 aromatic heterocycles. The van der Waals surface area contributed by atoms with Crippen molar-refractivity contribution in [2.45, 2.75) is 51.7 Å². The van der Waals surface area contributed by atoms with Crippen molar-refractivity contribution in [3.63, 3.8) is 0 Å². The second kappa shape index (κ2) is 13.1. The minimum Gasteiger partial charge on any atom is -0.486 e. The molecule has 2 heterocycles. The van der Waals surface area contributed by atoms with Gasteiger partial charge in [0.15, 0.2) is 5.01 Å². The highest BCUT2D eigenvalue weighted by Crippen LogP contribution is 2.20. The zero-order valence-corrected chi connectivity index (χ0v) is 21.4. The van der Waals surface area contributed by atoms with Gasteiger partial charge in [0, 0.05) is 30.4 Å². The fourth-order valence-corrected chi connectivity index (χ4v) is 5.01. The van der Waals surface area contributed by atoms with Crippen LogP contribution in [-0.4, -0.2) is 52.6 Å². The van der Waals surface area contributed by atoms with Gasteiger partial charge >= 0.3 is 0 Å². The van der Waals surface area contributed by atoms with Crippen molar-refractivity contribution in [3.8, 4) is 5.75 Å². The molecule has 0 unspecified atom stereocenters. The van der Waals surface area contributed by atoms with Crippen molar-refractivity contribution in [2.75, 3.05) is 25.0 Å². The topological polar surface area (TPSA) is 96.5 Å². The van der Waals surface area contributed by atoms with Crippen LogP contribution in [0.1, 0.15) is 64.2 Å². The van der Waals surface area contributed by atoms with Crippen molar-refractivity contribution >= 4 is 28.8 Å². The lowest BCUT2D eigenvalue weighted by atomic mass is 10.00. The first-order valence-corrected chi connectivity index (χ1v) is 13.4. The summed E-state index contributed by atoms with van der Waals surface area (Å²) >= 11 is 1.18. The van der Waals surface area contributed by atoms with E-state index in [1.54, 1.807) is 24.3 Å². The summed E-state index contributed by atoms with van der Waals surface area (Å²) in [6.07, 6.45) is 6.02. The van der Waals surface area contributed by atoms with Gasteiger partial charge in [-0.05, 0) is 68.6 Å². The molecular formula is C27H33N5O3S. The Kier molecular flexibility index (Phi) is 9.40. The van der Waals surface area contributed by atoms with Gasteiger partial charge in [-0.1, -0.05) is 42.9 Å². The first-order valence-electron chi connectivity index (χ1n) is 12.6. The van der Waals surface area contributed by atoms with Crippen molar-refractivity contribution in [2.24, 2.45) is 0 Å². The number of rotatable bonds is 11. The number of aromatic nitrogens is 2. The zero-order valence-electron chi connectivity index (χ0n) is 20.6. The Morgan fingerprint density at radius 1 is 1.06 bits per heavy atom. The van der Waals surface area contributed by atoms with Gasteiger partial charge in [-0.15, -0.1) is 10.2 Å². The van der Waals surface area contributed by atoms with Crippen molar-refractivity contribution in [1.29, 1.82) is 0 Å². The summed E-state index contributed by atoms with van der Waals surface area (Å²) in [6, 6.07) is 16.9. The van der Waals surface area contributed by atoms with E-state index in [4.69, 9.17) is 4.74 Å². The molecule has 1 aliphatic heterocycles. The maximum absolute atomic E-state index is 12.5. The van der Waals surface area contributed by atoms with Crippen LogP contribution >= 0.6 is 11.3 Å². The van der Waals surface area contributed by atoms with Gasteiger partial charge in [-0.25, -0.2) is 0 Å². The number of anilines is 1. The molecule has 0 spiro atoms. The van der Waals surface area contributed by atoms with Gasteiger partial charge < -0.3 is 20.3 Å². The van der Waals surface area contributed by atoms with Gasteiger partial charge in [0.1, 0.15) is 12.4 Å². The minimum atomic E-state index is -0.348. The molecule has 8 nitrogen and oxygen atoms in total. The molecule has 3 aromatic rings. The minimum absolute atomic E-state index is 0.106. The summed E-state index contributed by atoms with van der Waals surface area (Å²) in [4.78, 5) is 27.6. The van der Waals surface area contributed by atoms with Gasteiger partial charge in [0.2, 0.25) is 5.01 Å². The molecule has 0 radical (unpaired) electrons. The van der Waals surface area contributed by atoms with E-state index in [0.717, 1.165) is 18.7 Å². The molecule has 0 bridgehead atoms. The Morgan fingerprint density at radius 2 is 1.86 bits per heavy atom. The van der Waals surface area contributed by atoms with Crippen molar-refractivity contribution in [1.82, 2.24) is 20.4 Å². The van der Waals surface area contributed by atoms with E-state index in [1.807, 2.05) is 30.3 Å². The highest BCUT2D eigenvalue weighted by molar-refractivity contribution is 7.13. The van der Waals surface area contributed by atoms with E-state index < -0.39 is 0 Å². The van der Waals surface area contributed by atoms with Crippen LogP contribution in [-0.2, 0) is 6.61 Å². The second-order valence-electron chi connectivity index (χ2n) is 8.84. The molecule has 2 N–H and O–H groups in total. The largest absolute Gasteiger partial charge is 0.486 e. The lowest BCUT2D eigenvalue weighted by Crippen LogP contribution is -2.40. The van der Waals surface area contributed by atoms with Gasteiger partial charge in [-0.3, -0.25) is 9.59 Å². The van der Waals surface area contributed by atoms with Crippen LogP contribution in [0.15, 0.2) is 54.6 Å². The molecule has 1 saturated heterocycles. The Morgan fingerprint density at radius 3 is 2.64 bits per heavy atom. The molecule has 2 amide bonds. The number of nitrogens with zero attached hydrogens (tertiary/aromatic N) is 3. The predicted molar refractivity (Wildman–Crippen MR) is 142 cm³/mol. The van der Waals surface area contributed by atoms with E-state index in [2.05, 4.69) is 32.7 Å². The first kappa shape index (κ1) is 25.8. The summed E-state index contributed by atoms with van der Waals surface area (Å²) in [5.41, 5.74) is 1.15. The second-order valence-corrected chi connectivity index (χ2v) is 9.90. The lowest BCUT2D eigenvalue weighted by molar-refractivity contribution is 0.0946. The molecule has 0 aliphatic carbocycles. The molecule has 190 valence electrons. The summed E-state index contributed by atoms with van der Waals surface area (Å²) in [6.45, 7) is 5.34. The number of likely N-dealkylation sites (tertiary alicyclic amines) is 1. The van der Waals surface area contributed by atoms with Crippen molar-refractivity contribution in [3.05, 3.63) is 70.2 Å². The van der Waals surface area contributed by atoms with Crippen LogP contribution in [0, 0.1) is 0 Å². The molecular weight excluding hydrogens is 474 g/mol. The third kappa shape index (κ3) is 7.35. The quantitative estimate of drug-likeness (QED) is 0.364. The Labute approximate surface area is 216 Å². The molecule has 1 fully saturated rings. The van der Waals surface area contributed by atoms with Gasteiger partial charge in [0.05, 0.1) is 0 Å². The van der Waals surface area contributed by atoms with E-state index in [0.29, 0.717) is 28.8 Å². The number of nitrogens with one attached hydrogen (secondary N) is 2. The number of benzene rings is 2. The molecule has 4 rings (SSSR count). The van der Waals surface area contributed by atoms with Gasteiger partial charge in [0.25, 0.3) is 11.8 Å². The molecule has 1 atom stereocenters. The summed E-state index contributed by atoms with van der Waals surface area (Å²) in [5.74, 6) is 0.277. The van der Waals surface area contributed by atoms with Gasteiger partial charge in [-0.2, -0.15) is 0 Å². The zero-order chi connectivity index (χ0) is 25.2. The number of carbonyl (C=O) groups is 2. The molecule has 9 heteroatoms. The maximum Gasteiger partial charge on any atom is 0.286 e. The Balaban J connectivity index is 1.20. The Bertz CT molecular complexity index is 1120. The van der Waals surface area contributed by atoms with Crippen LogP contribution in [0.5, 0.6) is 5.75 Å². The number of ether oxygens (including phenoxy) is 1. The highest BCUT2D eigenvalue weighted by Gasteiger charge is 2.20. The number of para-hydroxylation sites is 1. The average Bonchev–Trinajstić information content (AvgIpc) is 3.40. The third-order valence-electron chi connectivity index (χ3n) is 6.30. The molecule has 2 aromatic carbocycles. The van der Waals surface area contributed by atoms with E-state index in [1.165, 1.54) is 43.6 Å². The van der Waals surface area contributed by atoms with Crippen LogP contribution in [0.25, 0.3) is 0 Å². The van der Waals surface area contributed by atoms with Crippen molar-refractivity contribution < 1.29 is 14.3 Å². The molecule has 36 heavy (non-hydrogen) atoms. The summed E-state index contributed by atoms with van der Waals surface area (Å²) < 4.78 is 5.65. The number of piperidine rings is 1. The van der Waals surface area contributed by atoms with E-state index in [9.17, 15) is 9.59 Å². The van der Waals surface area contributed by atoms with Crippen LogP contribution in [0.3, 0.4) is 0 Å². The average molecular weight is 508 g/mol. The fraction of sp³-hybridized carbons (Fsp3) is 0.407. The van der Waals surface area contributed by atoms with Crippen LogP contribution in [0.4, 0.5) is 5.69 Å². The maximum atomic E-state index is 12.5. The number of carbonyl (C=O) groups excluding carboxylic acids is 2. The number of amides is 2. The highest BCUT2D eigenvalue weighted by atomic mass is 32.1. The molecule has 1 aliphatic rings. The molecule has 0 saturated carbocycles. The lowest BCUT2D eigenvalue weighted by Gasteiger charge is -2.35. The number of hydrogen-bond acceptors (Lipinski definition) is 7. The monoisotopic (exact) mass is 507 g/mol. The Hall–Kier alpha value is -3.30. The van der Waals surface area contributed by atoms with Crippen LogP contribution < -0.4 is 15.4 Å². The first-order chi connectivity index (χ1) is 17.6. The summed E-state index contributed by atoms with van der Waals surface area (Å²) in [7, 11) is 0. The van der Waals surface area contributed by atoms with E-state index >= 15 is 0 Å². The number of hydrogen-bond donors (Lipinski definition) is 2. The third-order valence-corrected chi connectivity index (χ3v) is 7.20. The summed E-state index contributed by atoms with van der Waals surface area (Å²) in [5, 5.41) is 14.7.